The highest BCUT2D eigenvalue weighted by atomic mass is 19.1. The molecule has 6 heteroatoms. The summed E-state index contributed by atoms with van der Waals surface area (Å²) < 4.78 is 18.5. The van der Waals surface area contributed by atoms with Crippen molar-refractivity contribution in [2.24, 2.45) is 0 Å². The van der Waals surface area contributed by atoms with Crippen molar-refractivity contribution in [2.45, 2.75) is 6.54 Å². The summed E-state index contributed by atoms with van der Waals surface area (Å²) in [5.74, 6) is -0.913. The van der Waals surface area contributed by atoms with Crippen LogP contribution in [0.15, 0.2) is 63.9 Å². The van der Waals surface area contributed by atoms with Gasteiger partial charge in [0.2, 0.25) is 0 Å². The first kappa shape index (κ1) is 15.1. The molecule has 0 fully saturated rings. The van der Waals surface area contributed by atoms with E-state index in [1.807, 2.05) is 0 Å². The molecule has 2 N–H and O–H groups in total. The van der Waals surface area contributed by atoms with Gasteiger partial charge >= 0.3 is 5.63 Å². The van der Waals surface area contributed by atoms with Crippen LogP contribution < -0.4 is 10.9 Å². The number of aromatic nitrogens is 1. The van der Waals surface area contributed by atoms with Gasteiger partial charge in [0.25, 0.3) is 5.91 Å². The molecule has 0 saturated heterocycles. The number of carbonyl (C=O) groups is 1. The first-order valence-corrected chi connectivity index (χ1v) is 7.68. The van der Waals surface area contributed by atoms with Crippen molar-refractivity contribution in [3.63, 3.8) is 0 Å². The quantitative estimate of drug-likeness (QED) is 0.602. The molecule has 25 heavy (non-hydrogen) atoms. The van der Waals surface area contributed by atoms with Gasteiger partial charge in [-0.1, -0.05) is 18.2 Å². The maximum absolute atomic E-state index is 13.4. The van der Waals surface area contributed by atoms with Crippen LogP contribution >= 0.6 is 0 Å². The molecule has 2 aromatic carbocycles. The van der Waals surface area contributed by atoms with E-state index in [1.54, 1.807) is 36.5 Å². The standard InChI is InChI=1S/C19H13FN2O3/c20-13-5-6-16-15(8-13)12(9-21-16)10-22-18(23)17-7-11-3-1-2-4-14(11)19(24)25-17/h1-9,21H,10H2,(H,22,23). The molecular formula is C19H13FN2O3. The van der Waals surface area contributed by atoms with Gasteiger partial charge < -0.3 is 14.7 Å². The second kappa shape index (κ2) is 5.90. The van der Waals surface area contributed by atoms with Crippen molar-refractivity contribution in [1.29, 1.82) is 0 Å². The summed E-state index contributed by atoms with van der Waals surface area (Å²) >= 11 is 0. The number of hydrogen-bond donors (Lipinski definition) is 2. The first-order chi connectivity index (χ1) is 12.1. The summed E-state index contributed by atoms with van der Waals surface area (Å²) in [6.45, 7) is 0.179. The van der Waals surface area contributed by atoms with Crippen LogP contribution in [0, 0.1) is 5.82 Å². The van der Waals surface area contributed by atoms with E-state index in [2.05, 4.69) is 10.3 Å². The third-order valence-corrected chi connectivity index (χ3v) is 4.06. The van der Waals surface area contributed by atoms with Gasteiger partial charge in [-0.25, -0.2) is 9.18 Å². The van der Waals surface area contributed by atoms with Crippen molar-refractivity contribution >= 4 is 27.6 Å². The Morgan fingerprint density at radius 2 is 1.96 bits per heavy atom. The van der Waals surface area contributed by atoms with Crippen molar-refractivity contribution in [3.05, 3.63) is 82.3 Å². The Morgan fingerprint density at radius 3 is 2.84 bits per heavy atom. The normalized spacial score (nSPS) is 11.1. The predicted molar refractivity (Wildman–Crippen MR) is 91.9 cm³/mol. The lowest BCUT2D eigenvalue weighted by atomic mass is 10.1. The molecule has 0 aliphatic rings. The van der Waals surface area contributed by atoms with E-state index in [0.29, 0.717) is 16.2 Å². The number of fused-ring (bicyclic) bond motifs is 2. The zero-order valence-corrected chi connectivity index (χ0v) is 13.0. The molecule has 0 atom stereocenters. The van der Waals surface area contributed by atoms with Gasteiger partial charge in [0, 0.05) is 23.6 Å². The molecule has 2 heterocycles. The van der Waals surface area contributed by atoms with Gasteiger partial charge in [0.1, 0.15) is 5.82 Å². The minimum Gasteiger partial charge on any atom is -0.417 e. The highest BCUT2D eigenvalue weighted by Crippen LogP contribution is 2.19. The predicted octanol–water partition coefficient (Wildman–Crippen LogP) is 3.34. The van der Waals surface area contributed by atoms with E-state index in [9.17, 15) is 14.0 Å². The Hall–Kier alpha value is -3.41. The van der Waals surface area contributed by atoms with Gasteiger partial charge in [-0.15, -0.1) is 0 Å². The molecule has 124 valence electrons. The van der Waals surface area contributed by atoms with Crippen LogP contribution in [0.5, 0.6) is 0 Å². The SMILES string of the molecule is O=C(NCc1c[nH]c2ccc(F)cc12)c1cc2ccccc2c(=O)o1. The summed E-state index contributed by atoms with van der Waals surface area (Å²) in [7, 11) is 0. The fourth-order valence-electron chi connectivity index (χ4n) is 2.81. The largest absolute Gasteiger partial charge is 0.417 e. The van der Waals surface area contributed by atoms with Crippen molar-refractivity contribution in [3.8, 4) is 0 Å². The zero-order valence-electron chi connectivity index (χ0n) is 13.0. The van der Waals surface area contributed by atoms with Crippen molar-refractivity contribution in [1.82, 2.24) is 10.3 Å². The van der Waals surface area contributed by atoms with Crippen LogP contribution in [-0.2, 0) is 6.54 Å². The molecular weight excluding hydrogens is 323 g/mol. The molecule has 2 aromatic heterocycles. The fraction of sp³-hybridized carbons (Fsp3) is 0.0526. The molecule has 0 bridgehead atoms. The number of aromatic amines is 1. The van der Waals surface area contributed by atoms with E-state index in [0.717, 1.165) is 11.1 Å². The average molecular weight is 336 g/mol. The fourth-order valence-corrected chi connectivity index (χ4v) is 2.81. The number of rotatable bonds is 3. The summed E-state index contributed by atoms with van der Waals surface area (Å²) in [6, 6.07) is 12.8. The topological polar surface area (TPSA) is 75.1 Å². The van der Waals surface area contributed by atoms with Crippen LogP contribution in [0.25, 0.3) is 21.7 Å². The molecule has 0 saturated carbocycles. The Morgan fingerprint density at radius 1 is 1.12 bits per heavy atom. The van der Waals surface area contributed by atoms with Gasteiger partial charge in [0.05, 0.1) is 5.39 Å². The number of benzene rings is 2. The Balaban J connectivity index is 1.60. The highest BCUT2D eigenvalue weighted by Gasteiger charge is 2.13. The lowest BCUT2D eigenvalue weighted by Gasteiger charge is -2.05. The summed E-state index contributed by atoms with van der Waals surface area (Å²) in [4.78, 5) is 27.3. The summed E-state index contributed by atoms with van der Waals surface area (Å²) in [6.07, 6.45) is 1.71. The Kier molecular flexibility index (Phi) is 3.57. The molecule has 5 nitrogen and oxygen atoms in total. The molecule has 0 radical (unpaired) electrons. The highest BCUT2D eigenvalue weighted by molar-refractivity contribution is 5.95. The van der Waals surface area contributed by atoms with Crippen molar-refractivity contribution in [2.75, 3.05) is 0 Å². The molecule has 4 rings (SSSR count). The minimum atomic E-state index is -0.558. The molecule has 0 unspecified atom stereocenters. The summed E-state index contributed by atoms with van der Waals surface area (Å²) in [5, 5.41) is 4.45. The number of hydrogen-bond acceptors (Lipinski definition) is 3. The Labute approximate surface area is 141 Å². The van der Waals surface area contributed by atoms with E-state index < -0.39 is 11.5 Å². The zero-order chi connectivity index (χ0) is 17.4. The van der Waals surface area contributed by atoms with E-state index >= 15 is 0 Å². The van der Waals surface area contributed by atoms with Crippen molar-refractivity contribution < 1.29 is 13.6 Å². The molecule has 1 amide bonds. The minimum absolute atomic E-state index is 0.0604. The summed E-state index contributed by atoms with van der Waals surface area (Å²) in [5.41, 5.74) is 0.964. The smallest absolute Gasteiger partial charge is 0.344 e. The maximum Gasteiger partial charge on any atom is 0.344 e. The maximum atomic E-state index is 13.4. The van der Waals surface area contributed by atoms with Gasteiger partial charge in [-0.05, 0) is 41.3 Å². The molecule has 0 aliphatic heterocycles. The van der Waals surface area contributed by atoms with Gasteiger partial charge in [-0.3, -0.25) is 4.79 Å². The van der Waals surface area contributed by atoms with Crippen LogP contribution in [0.4, 0.5) is 4.39 Å². The van der Waals surface area contributed by atoms with E-state index in [4.69, 9.17) is 4.42 Å². The number of carbonyl (C=O) groups excluding carboxylic acids is 1. The lowest BCUT2D eigenvalue weighted by Crippen LogP contribution is -2.23. The average Bonchev–Trinajstić information content (AvgIpc) is 3.01. The van der Waals surface area contributed by atoms with Crippen LogP contribution in [0.1, 0.15) is 16.1 Å². The lowest BCUT2D eigenvalue weighted by molar-refractivity contribution is 0.0919. The Bertz CT molecular complexity index is 1160. The molecule has 0 spiro atoms. The third kappa shape index (κ3) is 2.78. The first-order valence-electron chi connectivity index (χ1n) is 7.68. The number of nitrogens with one attached hydrogen (secondary N) is 2. The molecule has 0 aliphatic carbocycles. The van der Waals surface area contributed by atoms with Crippen LogP contribution in [0.3, 0.4) is 0 Å². The van der Waals surface area contributed by atoms with Crippen LogP contribution in [0.2, 0.25) is 0 Å². The van der Waals surface area contributed by atoms with E-state index in [-0.39, 0.29) is 18.1 Å². The monoisotopic (exact) mass is 336 g/mol. The number of amides is 1. The number of halogens is 1. The molecule has 4 aromatic rings. The number of H-pyrrole nitrogens is 1. The second-order valence-corrected chi connectivity index (χ2v) is 5.67. The van der Waals surface area contributed by atoms with E-state index in [1.165, 1.54) is 18.2 Å². The van der Waals surface area contributed by atoms with Gasteiger partial charge in [0.15, 0.2) is 5.76 Å². The van der Waals surface area contributed by atoms with Gasteiger partial charge in [-0.2, -0.15) is 0 Å². The third-order valence-electron chi connectivity index (χ3n) is 4.06. The second-order valence-electron chi connectivity index (χ2n) is 5.67. The van der Waals surface area contributed by atoms with Crippen LogP contribution in [-0.4, -0.2) is 10.9 Å².